The van der Waals surface area contributed by atoms with Crippen LogP contribution in [-0.2, 0) is 60.2 Å². The van der Waals surface area contributed by atoms with Gasteiger partial charge in [-0.3, -0.25) is 4.79 Å². The smallest absolute Gasteiger partial charge is 0.303 e. The van der Waals surface area contributed by atoms with Crippen molar-refractivity contribution in [3.8, 4) is 11.3 Å². The van der Waals surface area contributed by atoms with E-state index in [4.69, 9.17) is 18.6 Å². The number of carbonyl (C=O) groups is 1. The number of allylic oxidation sites excluding steroid dienone is 3. The lowest BCUT2D eigenvalue weighted by atomic mass is 9.77. The number of nitrogens with zero attached hydrogens (tertiary/aromatic N) is 2. The van der Waals surface area contributed by atoms with E-state index in [1.807, 2.05) is 49.6 Å². The molecule has 1 atom stereocenters. The minimum Gasteiger partial charge on any atom is -0.748 e. The largest absolute Gasteiger partial charge is 0.748 e. The number of hydrogen-bond donors (Lipinski definition) is 1. The standard InChI is InChI=1S/C42H58N2O15S3/c1-41(2,3)35-29-32(59-38-28-31(13-15-34(35)38)43(18-8-26-60(47,48)49)20-21-57-24-25-58-23-22-56-5)10-6-11-39-42(4,17-7-12-40(45)46)36-30-33(62(53,54)55)14-16-37(36)44(39)19-9-27-61(50,51)52/h6,10-11,13-16,28-30H,7-9,12,17-27H2,1-5H3,(H3-,45,46,47,48,49,50,51,52,53,54,55)/p-2. The average molecular weight is 925 g/mol. The lowest BCUT2D eigenvalue weighted by Crippen LogP contribution is -2.35. The number of anilines is 1. The molecule has 1 aromatic carbocycles. The predicted molar refractivity (Wildman–Crippen MR) is 229 cm³/mol. The molecular formula is C42H56N2O15S3-2. The summed E-state index contributed by atoms with van der Waals surface area (Å²) in [6.07, 6.45) is 5.36. The van der Waals surface area contributed by atoms with Crippen LogP contribution in [0.3, 0.4) is 0 Å². The van der Waals surface area contributed by atoms with Crippen molar-refractivity contribution in [2.24, 2.45) is 0 Å². The van der Waals surface area contributed by atoms with Gasteiger partial charge in [-0.05, 0) is 85.2 Å². The van der Waals surface area contributed by atoms with Crippen molar-refractivity contribution in [3.05, 3.63) is 82.6 Å². The molecule has 62 heavy (non-hydrogen) atoms. The predicted octanol–water partition coefficient (Wildman–Crippen LogP) is 3.84. The first-order valence-corrected chi connectivity index (χ1v) is 24.7. The topological polar surface area (TPSA) is 256 Å². The summed E-state index contributed by atoms with van der Waals surface area (Å²) in [6.45, 7) is 10.4. The molecule has 0 radical (unpaired) electrons. The summed E-state index contributed by atoms with van der Waals surface area (Å²) in [4.78, 5) is 12.8. The van der Waals surface area contributed by atoms with Crippen molar-refractivity contribution in [2.75, 3.05) is 76.2 Å². The fraction of sp³-hybridized carbons (Fsp3) is 0.524. The molecule has 1 unspecified atom stereocenters. The Hall–Kier alpha value is -3.99. The highest BCUT2D eigenvalue weighted by Gasteiger charge is 2.43. The maximum Gasteiger partial charge on any atom is 0.303 e. The molecule has 17 nitrogen and oxygen atoms in total. The maximum absolute atomic E-state index is 12.1. The highest BCUT2D eigenvalue weighted by molar-refractivity contribution is 7.86. The summed E-state index contributed by atoms with van der Waals surface area (Å²) in [6, 6.07) is 11.4. The molecular weight excluding hydrogens is 869 g/mol. The zero-order chi connectivity index (χ0) is 45.9. The van der Waals surface area contributed by atoms with Crippen molar-refractivity contribution in [2.45, 2.75) is 75.5 Å². The van der Waals surface area contributed by atoms with Gasteiger partial charge in [0.15, 0.2) is 6.54 Å². The van der Waals surface area contributed by atoms with Gasteiger partial charge < -0.3 is 42.3 Å². The van der Waals surface area contributed by atoms with Crippen LogP contribution in [0.4, 0.5) is 5.69 Å². The number of rotatable bonds is 24. The fourth-order valence-electron chi connectivity index (χ4n) is 7.45. The van der Waals surface area contributed by atoms with Gasteiger partial charge in [-0.2, -0.15) is 0 Å². The van der Waals surface area contributed by atoms with Crippen LogP contribution in [0.5, 0.6) is 0 Å². The Morgan fingerprint density at radius 3 is 2.16 bits per heavy atom. The zero-order valence-corrected chi connectivity index (χ0v) is 38.1. The third-order valence-electron chi connectivity index (χ3n) is 10.4. The van der Waals surface area contributed by atoms with Crippen LogP contribution in [0.2, 0.25) is 0 Å². The normalized spacial score (nSPS) is 17.4. The second kappa shape index (κ2) is 21.6. The molecule has 0 bridgehead atoms. The fourth-order valence-corrected chi connectivity index (χ4v) is 8.91. The van der Waals surface area contributed by atoms with Gasteiger partial charge in [-0.25, -0.2) is 29.8 Å². The van der Waals surface area contributed by atoms with Gasteiger partial charge in [0, 0.05) is 66.4 Å². The summed E-state index contributed by atoms with van der Waals surface area (Å²) in [5.41, 5.74) is 1.81. The molecule has 2 aliphatic heterocycles. The van der Waals surface area contributed by atoms with E-state index >= 15 is 0 Å². The molecule has 1 aliphatic carbocycles. The van der Waals surface area contributed by atoms with E-state index in [1.54, 1.807) is 37.2 Å². The van der Waals surface area contributed by atoms with Crippen LogP contribution >= 0.6 is 0 Å². The highest BCUT2D eigenvalue weighted by Crippen LogP contribution is 2.51. The van der Waals surface area contributed by atoms with E-state index in [9.17, 15) is 48.8 Å². The first kappa shape index (κ1) is 50.7. The number of carboxylic acids is 1. The molecule has 0 spiro atoms. The van der Waals surface area contributed by atoms with Crippen molar-refractivity contribution in [1.29, 1.82) is 0 Å². The van der Waals surface area contributed by atoms with Gasteiger partial charge in [-0.1, -0.05) is 26.8 Å². The molecule has 0 fully saturated rings. The first-order chi connectivity index (χ1) is 28.9. The molecule has 1 aromatic rings. The second-order valence-corrected chi connectivity index (χ2v) is 20.6. The van der Waals surface area contributed by atoms with E-state index in [2.05, 4.69) is 0 Å². The molecule has 0 saturated carbocycles. The average Bonchev–Trinajstić information content (AvgIpc) is 3.38. The van der Waals surface area contributed by atoms with Crippen LogP contribution in [0.25, 0.3) is 17.4 Å². The molecule has 4 rings (SSSR count). The second-order valence-electron chi connectivity index (χ2n) is 16.2. The Labute approximate surface area is 364 Å². The third-order valence-corrected chi connectivity index (χ3v) is 12.8. The van der Waals surface area contributed by atoms with Gasteiger partial charge in [0.2, 0.25) is 5.36 Å². The molecule has 344 valence electrons. The summed E-state index contributed by atoms with van der Waals surface area (Å²) >= 11 is 0. The molecule has 20 heteroatoms. The van der Waals surface area contributed by atoms with Crippen LogP contribution in [0.1, 0.15) is 76.7 Å². The Morgan fingerprint density at radius 1 is 0.871 bits per heavy atom. The third kappa shape index (κ3) is 14.8. The molecule has 2 heterocycles. The van der Waals surface area contributed by atoms with E-state index < -0.39 is 58.1 Å². The lowest BCUT2D eigenvalue weighted by Gasteiger charge is -2.30. The molecule has 3 aliphatic rings. The summed E-state index contributed by atoms with van der Waals surface area (Å²) in [7, 11) is -12.3. The van der Waals surface area contributed by atoms with Crippen LogP contribution < -0.4 is 14.8 Å². The Bertz CT molecular complexity index is 2470. The van der Waals surface area contributed by atoms with Crippen molar-refractivity contribution in [1.82, 2.24) is 4.58 Å². The number of hydrogen-bond acceptors (Lipinski definition) is 15. The minimum atomic E-state index is -4.88. The Morgan fingerprint density at radius 2 is 1.53 bits per heavy atom. The van der Waals surface area contributed by atoms with Crippen molar-refractivity contribution < 1.29 is 67.4 Å². The van der Waals surface area contributed by atoms with Crippen LogP contribution in [-0.4, -0.2) is 121 Å². The molecule has 0 aromatic heterocycles. The quantitative estimate of drug-likeness (QED) is 0.0761. The van der Waals surface area contributed by atoms with E-state index in [0.717, 1.165) is 17.2 Å². The number of ether oxygens (including phenoxy) is 3. The zero-order valence-electron chi connectivity index (χ0n) is 35.7. The minimum absolute atomic E-state index is 0.0356. The summed E-state index contributed by atoms with van der Waals surface area (Å²) in [5.74, 6) is -1.29. The molecule has 0 saturated heterocycles. The van der Waals surface area contributed by atoms with Crippen molar-refractivity contribution in [3.63, 3.8) is 0 Å². The highest BCUT2D eigenvalue weighted by atomic mass is 32.2. The number of benzene rings is 2. The van der Waals surface area contributed by atoms with Gasteiger partial charge in [-0.15, -0.1) is 0 Å². The number of carboxylic acid groups (broad SMARTS) is 1. The number of methoxy groups -OCH3 is 1. The van der Waals surface area contributed by atoms with E-state index in [0.29, 0.717) is 66.8 Å². The van der Waals surface area contributed by atoms with E-state index in [-0.39, 0.29) is 57.2 Å². The van der Waals surface area contributed by atoms with Crippen molar-refractivity contribution >= 4 is 48.1 Å². The molecule has 0 amide bonds. The Balaban J connectivity index is 1.81. The van der Waals surface area contributed by atoms with Gasteiger partial charge in [0.05, 0.1) is 57.6 Å². The van der Waals surface area contributed by atoms with Gasteiger partial charge in [0.25, 0.3) is 0 Å². The monoisotopic (exact) mass is 924 g/mol. The first-order valence-electron chi connectivity index (χ1n) is 20.1. The Kier molecular flexibility index (Phi) is 17.6. The van der Waals surface area contributed by atoms with E-state index in [1.165, 1.54) is 12.1 Å². The van der Waals surface area contributed by atoms with Crippen LogP contribution in [0, 0.1) is 0 Å². The van der Waals surface area contributed by atoms with Gasteiger partial charge >= 0.3 is 5.97 Å². The number of fused-ring (bicyclic) bond motifs is 2. The SMILES string of the molecule is COCCOCCOCC[N+](CCCS(=O)(=O)[O-])=c1ccc2c(C(C)(C)C)cc(/C=C/C=C3/N(CCCS(=O)(=O)[O-])c4ccc(S(=O)(=O)[O-])cc4C3(C)CCCC(=O)O)oc-2c1. The number of aliphatic carboxylic acids is 1. The van der Waals surface area contributed by atoms with Gasteiger partial charge in [0.1, 0.15) is 34.8 Å². The molecule has 1 N–H and O–H groups in total. The summed E-state index contributed by atoms with van der Waals surface area (Å²) in [5, 5.41) is 10.1. The maximum atomic E-state index is 12.1. The lowest BCUT2D eigenvalue weighted by molar-refractivity contribution is -0.137. The van der Waals surface area contributed by atoms with Crippen LogP contribution in [0.15, 0.2) is 69.6 Å². The summed E-state index contributed by atoms with van der Waals surface area (Å²) < 4.78 is 130.